The third-order valence-electron chi connectivity index (χ3n) is 3.63. The van der Waals surface area contributed by atoms with Crippen molar-refractivity contribution in [1.82, 2.24) is 10.6 Å². The second-order valence-corrected chi connectivity index (χ2v) is 5.54. The number of para-hydroxylation sites is 1. The van der Waals surface area contributed by atoms with Crippen molar-refractivity contribution in [3.8, 4) is 5.75 Å². The summed E-state index contributed by atoms with van der Waals surface area (Å²) in [5.41, 5.74) is 0.625. The van der Waals surface area contributed by atoms with E-state index in [0.29, 0.717) is 11.8 Å². The Hall–Kier alpha value is -3.36. The van der Waals surface area contributed by atoms with Gasteiger partial charge in [-0.25, -0.2) is 14.4 Å². The van der Waals surface area contributed by atoms with Crippen molar-refractivity contribution in [2.24, 2.45) is 0 Å². The Morgan fingerprint density at radius 3 is 2.67 bits per heavy atom. The number of esters is 2. The number of carbonyl (C=O) groups excluding carboxylic acids is 4. The minimum Gasteiger partial charge on any atom is -0.481 e. The minimum atomic E-state index is -0.730. The van der Waals surface area contributed by atoms with Gasteiger partial charge >= 0.3 is 18.0 Å². The number of carbonyl (C=O) groups is 4. The topological polar surface area (TPSA) is 120 Å². The molecule has 0 saturated carbocycles. The van der Waals surface area contributed by atoms with E-state index in [9.17, 15) is 19.2 Å². The smallest absolute Gasteiger partial charge is 0.344 e. The van der Waals surface area contributed by atoms with Gasteiger partial charge in [0.1, 0.15) is 12.4 Å². The van der Waals surface area contributed by atoms with Crippen LogP contribution in [-0.4, -0.2) is 50.1 Å². The molecule has 9 heteroatoms. The number of amides is 2. The first-order chi connectivity index (χ1) is 13.0. The summed E-state index contributed by atoms with van der Waals surface area (Å²) in [5.74, 6) is -1.09. The van der Waals surface area contributed by atoms with E-state index in [2.05, 4.69) is 10.6 Å². The Morgan fingerprint density at radius 2 is 1.96 bits per heavy atom. The number of nitrogens with one attached hydrogen (secondary N) is 2. The van der Waals surface area contributed by atoms with E-state index in [0.717, 1.165) is 0 Å². The van der Waals surface area contributed by atoms with Gasteiger partial charge in [-0.2, -0.15) is 0 Å². The predicted molar refractivity (Wildman–Crippen MR) is 93.1 cm³/mol. The first kappa shape index (κ1) is 20.0. The van der Waals surface area contributed by atoms with Crippen LogP contribution in [0.15, 0.2) is 35.5 Å². The largest absolute Gasteiger partial charge is 0.481 e. The zero-order chi connectivity index (χ0) is 19.8. The zero-order valence-electron chi connectivity index (χ0n) is 14.9. The van der Waals surface area contributed by atoms with E-state index in [1.807, 2.05) is 0 Å². The highest BCUT2D eigenvalue weighted by Gasteiger charge is 2.30. The molecule has 0 saturated heterocycles. The molecular weight excluding hydrogens is 356 g/mol. The van der Waals surface area contributed by atoms with Crippen molar-refractivity contribution in [3.63, 3.8) is 0 Å². The molecule has 0 bridgehead atoms. The monoisotopic (exact) mass is 376 g/mol. The van der Waals surface area contributed by atoms with Crippen LogP contribution in [0.5, 0.6) is 5.75 Å². The number of aldehydes is 1. The molecule has 27 heavy (non-hydrogen) atoms. The van der Waals surface area contributed by atoms with Crippen LogP contribution in [0, 0.1) is 0 Å². The van der Waals surface area contributed by atoms with Gasteiger partial charge in [0.25, 0.3) is 0 Å². The van der Waals surface area contributed by atoms with Gasteiger partial charge in [0.15, 0.2) is 12.9 Å². The highest BCUT2D eigenvalue weighted by molar-refractivity contribution is 5.94. The zero-order valence-corrected chi connectivity index (χ0v) is 14.9. The lowest BCUT2D eigenvalue weighted by Gasteiger charge is -2.26. The van der Waals surface area contributed by atoms with E-state index in [4.69, 9.17) is 14.2 Å². The van der Waals surface area contributed by atoms with Gasteiger partial charge in [-0.3, -0.25) is 4.79 Å². The van der Waals surface area contributed by atoms with Gasteiger partial charge in [0.2, 0.25) is 0 Å². The molecule has 2 N–H and O–H groups in total. The minimum absolute atomic E-state index is 0.145. The van der Waals surface area contributed by atoms with E-state index >= 15 is 0 Å². The fourth-order valence-corrected chi connectivity index (χ4v) is 2.43. The summed E-state index contributed by atoms with van der Waals surface area (Å²) in [4.78, 5) is 46.6. The summed E-state index contributed by atoms with van der Waals surface area (Å²) in [5, 5.41) is 4.99. The van der Waals surface area contributed by atoms with Crippen molar-refractivity contribution in [2.75, 3.05) is 19.8 Å². The third-order valence-corrected chi connectivity index (χ3v) is 3.63. The van der Waals surface area contributed by atoms with E-state index in [1.54, 1.807) is 38.1 Å². The average Bonchev–Trinajstić information content (AvgIpc) is 2.64. The second-order valence-electron chi connectivity index (χ2n) is 5.54. The van der Waals surface area contributed by atoms with Crippen molar-refractivity contribution < 1.29 is 33.4 Å². The van der Waals surface area contributed by atoms with E-state index < -0.39 is 30.6 Å². The molecule has 0 fully saturated rings. The van der Waals surface area contributed by atoms with Crippen molar-refractivity contribution in [2.45, 2.75) is 19.9 Å². The lowest BCUT2D eigenvalue weighted by molar-refractivity contribution is -0.145. The average molecular weight is 376 g/mol. The summed E-state index contributed by atoms with van der Waals surface area (Å²) in [7, 11) is 0. The van der Waals surface area contributed by atoms with Crippen molar-refractivity contribution in [3.05, 3.63) is 41.1 Å². The maximum absolute atomic E-state index is 12.1. The van der Waals surface area contributed by atoms with Crippen molar-refractivity contribution in [1.29, 1.82) is 0 Å². The summed E-state index contributed by atoms with van der Waals surface area (Å²) in [6.45, 7) is 2.68. The third kappa shape index (κ3) is 5.30. The summed E-state index contributed by atoms with van der Waals surface area (Å²) in [6.07, 6.45) is 0.614. The van der Waals surface area contributed by atoms with E-state index in [-0.39, 0.29) is 30.2 Å². The molecule has 1 aromatic carbocycles. The molecule has 0 spiro atoms. The number of ether oxygens (including phenoxy) is 3. The fraction of sp³-hybridized carbons (Fsp3) is 0.333. The van der Waals surface area contributed by atoms with E-state index in [1.165, 1.54) is 0 Å². The molecule has 1 aromatic rings. The lowest BCUT2D eigenvalue weighted by Crippen LogP contribution is -2.50. The molecular formula is C18H20N2O7. The molecule has 0 unspecified atom stereocenters. The highest BCUT2D eigenvalue weighted by atomic mass is 16.6. The van der Waals surface area contributed by atoms with Gasteiger partial charge < -0.3 is 24.8 Å². The van der Waals surface area contributed by atoms with Crippen LogP contribution in [0.2, 0.25) is 0 Å². The highest BCUT2D eigenvalue weighted by Crippen LogP contribution is 2.16. The number of benzene rings is 1. The van der Waals surface area contributed by atoms with Crippen LogP contribution in [0.3, 0.4) is 0 Å². The SMILES string of the molecule is CCOC(=O)C1=C(COC(=O)COc2ccccc2C=O)NC(=O)N[C@@H]1C. The summed E-state index contributed by atoms with van der Waals surface area (Å²) < 4.78 is 15.3. The molecule has 1 heterocycles. The molecule has 2 amide bonds. The van der Waals surface area contributed by atoms with Crippen LogP contribution in [0.4, 0.5) is 4.79 Å². The van der Waals surface area contributed by atoms with Gasteiger partial charge in [-0.15, -0.1) is 0 Å². The summed E-state index contributed by atoms with van der Waals surface area (Å²) >= 11 is 0. The molecule has 0 radical (unpaired) electrons. The Morgan fingerprint density at radius 1 is 1.22 bits per heavy atom. The molecule has 0 aromatic heterocycles. The van der Waals surface area contributed by atoms with Gasteiger partial charge in [-0.05, 0) is 26.0 Å². The molecule has 1 aliphatic heterocycles. The van der Waals surface area contributed by atoms with Crippen LogP contribution in [0.1, 0.15) is 24.2 Å². The van der Waals surface area contributed by atoms with Gasteiger partial charge in [-0.1, -0.05) is 12.1 Å². The normalized spacial score (nSPS) is 16.1. The number of rotatable bonds is 8. The molecule has 1 atom stereocenters. The maximum Gasteiger partial charge on any atom is 0.344 e. The van der Waals surface area contributed by atoms with Crippen molar-refractivity contribution >= 4 is 24.3 Å². The van der Waals surface area contributed by atoms with Crippen LogP contribution >= 0.6 is 0 Å². The second kappa shape index (κ2) is 9.37. The van der Waals surface area contributed by atoms with Crippen LogP contribution in [0.25, 0.3) is 0 Å². The van der Waals surface area contributed by atoms with Gasteiger partial charge in [0.05, 0.1) is 29.5 Å². The Labute approximate surface area is 155 Å². The Bertz CT molecular complexity index is 773. The molecule has 9 nitrogen and oxygen atoms in total. The fourth-order valence-electron chi connectivity index (χ4n) is 2.43. The standard InChI is InChI=1S/C18H20N2O7/c1-3-25-17(23)16-11(2)19-18(24)20-13(16)9-27-15(22)10-26-14-7-5-4-6-12(14)8-21/h4-8,11H,3,9-10H2,1-2H3,(H2,19,20,24)/t11-/m1/s1. The number of hydrogen-bond donors (Lipinski definition) is 2. The lowest BCUT2D eigenvalue weighted by atomic mass is 10.0. The molecule has 1 aliphatic rings. The number of hydrogen-bond acceptors (Lipinski definition) is 7. The molecule has 2 rings (SSSR count). The number of urea groups is 1. The quantitative estimate of drug-likeness (QED) is 0.512. The Kier molecular flexibility index (Phi) is 6.93. The van der Waals surface area contributed by atoms with Crippen LogP contribution < -0.4 is 15.4 Å². The maximum atomic E-state index is 12.1. The molecule has 0 aliphatic carbocycles. The Balaban J connectivity index is 2.00. The molecule has 144 valence electrons. The van der Waals surface area contributed by atoms with Gasteiger partial charge in [0, 0.05) is 0 Å². The predicted octanol–water partition coefficient (Wildman–Crippen LogP) is 0.940. The first-order valence-corrected chi connectivity index (χ1v) is 8.26. The first-order valence-electron chi connectivity index (χ1n) is 8.26. The summed E-state index contributed by atoms with van der Waals surface area (Å²) in [6, 6.07) is 5.32. The van der Waals surface area contributed by atoms with Crippen LogP contribution in [-0.2, 0) is 19.1 Å².